The lowest BCUT2D eigenvalue weighted by Crippen LogP contribution is -2.22. The summed E-state index contributed by atoms with van der Waals surface area (Å²) in [6.07, 6.45) is 5.07. The van der Waals surface area contributed by atoms with E-state index in [-0.39, 0.29) is 5.56 Å². The van der Waals surface area contributed by atoms with Gasteiger partial charge in [-0.2, -0.15) is 9.78 Å². The van der Waals surface area contributed by atoms with Gasteiger partial charge in [0.15, 0.2) is 0 Å². The molecule has 6 nitrogen and oxygen atoms in total. The molecular formula is C26H20BrN3O3. The summed E-state index contributed by atoms with van der Waals surface area (Å²) in [5.74, 6) is 0.341. The van der Waals surface area contributed by atoms with Crippen molar-refractivity contribution >= 4 is 45.1 Å². The van der Waals surface area contributed by atoms with Crippen LogP contribution in [0.4, 0.5) is 0 Å². The summed E-state index contributed by atoms with van der Waals surface area (Å²) < 4.78 is 7.59. The molecule has 0 unspecified atom stereocenters. The highest BCUT2D eigenvalue weighted by molar-refractivity contribution is 9.10. The van der Waals surface area contributed by atoms with Gasteiger partial charge < -0.3 is 4.74 Å². The predicted octanol–water partition coefficient (Wildman–Crippen LogP) is 5.22. The zero-order valence-corrected chi connectivity index (χ0v) is 19.4. The average Bonchev–Trinajstić information content (AvgIpc) is 2.84. The maximum Gasteiger partial charge on any atom is 0.336 e. The summed E-state index contributed by atoms with van der Waals surface area (Å²) in [6.45, 7) is 1.91. The summed E-state index contributed by atoms with van der Waals surface area (Å²) >= 11 is 3.43. The number of halogens is 1. The highest BCUT2D eigenvalue weighted by atomic mass is 79.9. The molecule has 0 saturated carbocycles. The maximum atomic E-state index is 13.0. The SMILES string of the molecule is CCc1nc2ccccc2c(=O)n1N=Cc1cc(Br)ccc1OC(=O)/C=C/c1ccccc1. The third-order valence-electron chi connectivity index (χ3n) is 4.84. The Kier molecular flexibility index (Phi) is 6.90. The molecule has 0 radical (unpaired) electrons. The van der Waals surface area contributed by atoms with Crippen LogP contribution in [-0.4, -0.2) is 21.8 Å². The van der Waals surface area contributed by atoms with E-state index < -0.39 is 5.97 Å². The number of hydrogen-bond acceptors (Lipinski definition) is 5. The highest BCUT2D eigenvalue weighted by Crippen LogP contribution is 2.22. The molecule has 0 atom stereocenters. The quantitative estimate of drug-likeness (QED) is 0.157. The maximum absolute atomic E-state index is 13.0. The molecular weight excluding hydrogens is 482 g/mol. The van der Waals surface area contributed by atoms with E-state index in [0.717, 1.165) is 10.0 Å². The lowest BCUT2D eigenvalue weighted by Gasteiger charge is -2.09. The standard InChI is InChI=1S/C26H20BrN3O3/c1-2-24-29-22-11-7-6-10-21(22)26(32)30(24)28-17-19-16-20(27)13-14-23(19)33-25(31)15-12-18-8-4-3-5-9-18/h3-17H,2H2,1H3/b15-12+,28-17?. The van der Waals surface area contributed by atoms with Crippen molar-refractivity contribution in [2.24, 2.45) is 5.10 Å². The van der Waals surface area contributed by atoms with Crippen molar-refractivity contribution in [1.82, 2.24) is 9.66 Å². The van der Waals surface area contributed by atoms with Gasteiger partial charge in [0, 0.05) is 22.5 Å². The number of esters is 1. The number of para-hydroxylation sites is 1. The minimum Gasteiger partial charge on any atom is -0.423 e. The number of fused-ring (bicyclic) bond motifs is 1. The van der Waals surface area contributed by atoms with Crippen LogP contribution in [0.15, 0.2) is 93.2 Å². The van der Waals surface area contributed by atoms with Crippen LogP contribution >= 0.6 is 15.9 Å². The second-order valence-electron chi connectivity index (χ2n) is 7.11. The Bertz CT molecular complexity index is 1430. The third-order valence-corrected chi connectivity index (χ3v) is 5.34. The van der Waals surface area contributed by atoms with Gasteiger partial charge in [-0.3, -0.25) is 4.79 Å². The van der Waals surface area contributed by atoms with Gasteiger partial charge >= 0.3 is 5.97 Å². The number of hydrogen-bond donors (Lipinski definition) is 0. The minimum atomic E-state index is -0.519. The Morgan fingerprint density at radius 3 is 2.64 bits per heavy atom. The summed E-state index contributed by atoms with van der Waals surface area (Å²) in [5, 5.41) is 4.87. The van der Waals surface area contributed by atoms with Crippen molar-refractivity contribution in [2.75, 3.05) is 0 Å². The predicted molar refractivity (Wildman–Crippen MR) is 134 cm³/mol. The smallest absolute Gasteiger partial charge is 0.336 e. The fourth-order valence-electron chi connectivity index (χ4n) is 3.22. The van der Waals surface area contributed by atoms with Crippen molar-refractivity contribution in [3.8, 4) is 5.75 Å². The molecule has 1 heterocycles. The first kappa shape index (κ1) is 22.4. The molecule has 164 valence electrons. The summed E-state index contributed by atoms with van der Waals surface area (Å²) in [4.78, 5) is 29.9. The number of nitrogens with zero attached hydrogens (tertiary/aromatic N) is 3. The molecule has 0 amide bonds. The van der Waals surface area contributed by atoms with Gasteiger partial charge in [0.05, 0.1) is 17.1 Å². The van der Waals surface area contributed by atoms with Crippen molar-refractivity contribution in [2.45, 2.75) is 13.3 Å². The number of aryl methyl sites for hydroxylation is 1. The van der Waals surface area contributed by atoms with Crippen LogP contribution in [0.1, 0.15) is 23.9 Å². The van der Waals surface area contributed by atoms with Gasteiger partial charge in [-0.15, -0.1) is 0 Å². The molecule has 0 aliphatic rings. The van der Waals surface area contributed by atoms with Crippen molar-refractivity contribution in [1.29, 1.82) is 0 Å². The summed E-state index contributed by atoms with van der Waals surface area (Å²) in [5.41, 5.74) is 1.80. The fourth-order valence-corrected chi connectivity index (χ4v) is 3.60. The number of benzene rings is 3. The number of carbonyl (C=O) groups excluding carboxylic acids is 1. The molecule has 3 aromatic carbocycles. The highest BCUT2D eigenvalue weighted by Gasteiger charge is 2.10. The molecule has 1 aromatic heterocycles. The molecule has 7 heteroatoms. The molecule has 0 saturated heterocycles. The van der Waals surface area contributed by atoms with Gasteiger partial charge in [0.2, 0.25) is 0 Å². The van der Waals surface area contributed by atoms with Crippen LogP contribution in [0.3, 0.4) is 0 Å². The van der Waals surface area contributed by atoms with Crippen LogP contribution in [0.2, 0.25) is 0 Å². The Hall–Kier alpha value is -3.84. The largest absolute Gasteiger partial charge is 0.423 e. The van der Waals surface area contributed by atoms with Crippen molar-refractivity contribution < 1.29 is 9.53 Å². The Morgan fingerprint density at radius 1 is 1.09 bits per heavy atom. The molecule has 0 N–H and O–H groups in total. The van der Waals surface area contributed by atoms with E-state index in [1.54, 1.807) is 42.5 Å². The second kappa shape index (κ2) is 10.2. The van der Waals surface area contributed by atoms with Crippen LogP contribution in [0, 0.1) is 0 Å². The molecule has 4 rings (SSSR count). The van der Waals surface area contributed by atoms with E-state index in [4.69, 9.17) is 4.74 Å². The lowest BCUT2D eigenvalue weighted by molar-refractivity contribution is -0.128. The summed E-state index contributed by atoms with van der Waals surface area (Å²) in [6, 6.07) is 21.8. The second-order valence-corrected chi connectivity index (χ2v) is 8.02. The normalized spacial score (nSPS) is 11.5. The zero-order chi connectivity index (χ0) is 23.2. The Labute approximate surface area is 199 Å². The van der Waals surface area contributed by atoms with E-state index >= 15 is 0 Å². The number of ether oxygens (including phenoxy) is 1. The molecule has 0 bridgehead atoms. The van der Waals surface area contributed by atoms with Gasteiger partial charge in [0.1, 0.15) is 11.6 Å². The van der Waals surface area contributed by atoms with E-state index in [1.165, 1.54) is 17.0 Å². The van der Waals surface area contributed by atoms with Crippen molar-refractivity contribution in [3.05, 3.63) is 111 Å². The van der Waals surface area contributed by atoms with Crippen LogP contribution < -0.4 is 10.3 Å². The fraction of sp³-hybridized carbons (Fsp3) is 0.0769. The molecule has 0 fully saturated rings. The van der Waals surface area contributed by atoms with Gasteiger partial charge in [0.25, 0.3) is 5.56 Å². The molecule has 0 aliphatic carbocycles. The monoisotopic (exact) mass is 501 g/mol. The van der Waals surface area contributed by atoms with Crippen LogP contribution in [0.5, 0.6) is 5.75 Å². The average molecular weight is 502 g/mol. The first-order valence-corrected chi connectivity index (χ1v) is 11.1. The molecule has 0 spiro atoms. The van der Waals surface area contributed by atoms with Gasteiger partial charge in [-0.05, 0) is 42.0 Å². The lowest BCUT2D eigenvalue weighted by atomic mass is 10.2. The Balaban J connectivity index is 1.65. The van der Waals surface area contributed by atoms with E-state index in [0.29, 0.717) is 34.5 Å². The van der Waals surface area contributed by atoms with Gasteiger partial charge in [-0.1, -0.05) is 65.3 Å². The third kappa shape index (κ3) is 5.32. The molecule has 33 heavy (non-hydrogen) atoms. The van der Waals surface area contributed by atoms with Crippen LogP contribution in [0.25, 0.3) is 17.0 Å². The first-order valence-electron chi connectivity index (χ1n) is 10.3. The first-order chi connectivity index (χ1) is 16.0. The number of aromatic nitrogens is 2. The zero-order valence-electron chi connectivity index (χ0n) is 17.8. The number of rotatable bonds is 6. The van der Waals surface area contributed by atoms with E-state index in [2.05, 4.69) is 26.0 Å². The van der Waals surface area contributed by atoms with Gasteiger partial charge in [-0.25, -0.2) is 9.78 Å². The topological polar surface area (TPSA) is 73.6 Å². The molecule has 0 aliphatic heterocycles. The number of carbonyl (C=O) groups is 1. The van der Waals surface area contributed by atoms with E-state index in [9.17, 15) is 9.59 Å². The summed E-state index contributed by atoms with van der Waals surface area (Å²) in [7, 11) is 0. The van der Waals surface area contributed by atoms with Crippen LogP contribution in [-0.2, 0) is 11.2 Å². The Morgan fingerprint density at radius 2 is 1.85 bits per heavy atom. The van der Waals surface area contributed by atoms with E-state index in [1.807, 2.05) is 43.3 Å². The molecule has 4 aromatic rings. The van der Waals surface area contributed by atoms with Crippen molar-refractivity contribution in [3.63, 3.8) is 0 Å². The minimum absolute atomic E-state index is 0.256.